The SMILES string of the molecule is N#Cc1ccc(NCc2ccccc2)c(C(F)F)c1. The van der Waals surface area contributed by atoms with Gasteiger partial charge in [-0.05, 0) is 23.8 Å². The third-order valence-corrected chi connectivity index (χ3v) is 2.74. The molecule has 0 spiro atoms. The molecule has 2 nitrogen and oxygen atoms in total. The normalized spacial score (nSPS) is 10.2. The molecule has 0 fully saturated rings. The van der Waals surface area contributed by atoms with Crippen molar-refractivity contribution in [3.8, 4) is 6.07 Å². The predicted octanol–water partition coefficient (Wildman–Crippen LogP) is 4.11. The molecular formula is C15H12F2N2. The molecule has 19 heavy (non-hydrogen) atoms. The van der Waals surface area contributed by atoms with Gasteiger partial charge in [-0.3, -0.25) is 0 Å². The number of nitriles is 1. The molecule has 0 aliphatic heterocycles. The van der Waals surface area contributed by atoms with Crippen LogP contribution in [0.1, 0.15) is 23.1 Å². The summed E-state index contributed by atoms with van der Waals surface area (Å²) < 4.78 is 25.8. The minimum atomic E-state index is -2.61. The second-order valence-corrected chi connectivity index (χ2v) is 4.05. The number of hydrogen-bond donors (Lipinski definition) is 1. The number of rotatable bonds is 4. The van der Waals surface area contributed by atoms with E-state index in [4.69, 9.17) is 5.26 Å². The van der Waals surface area contributed by atoms with Crippen molar-refractivity contribution < 1.29 is 8.78 Å². The molecular weight excluding hydrogens is 246 g/mol. The van der Waals surface area contributed by atoms with Crippen LogP contribution in [0, 0.1) is 11.3 Å². The van der Waals surface area contributed by atoms with Crippen LogP contribution in [0.3, 0.4) is 0 Å². The molecule has 0 radical (unpaired) electrons. The van der Waals surface area contributed by atoms with E-state index in [1.165, 1.54) is 18.2 Å². The lowest BCUT2D eigenvalue weighted by Crippen LogP contribution is -2.03. The first kappa shape index (κ1) is 13.0. The van der Waals surface area contributed by atoms with Gasteiger partial charge >= 0.3 is 0 Å². The van der Waals surface area contributed by atoms with Crippen molar-refractivity contribution in [3.63, 3.8) is 0 Å². The maximum absolute atomic E-state index is 12.9. The minimum absolute atomic E-state index is 0.144. The molecule has 0 aliphatic carbocycles. The Morgan fingerprint density at radius 1 is 1.11 bits per heavy atom. The Kier molecular flexibility index (Phi) is 4.09. The lowest BCUT2D eigenvalue weighted by molar-refractivity contribution is 0.152. The highest BCUT2D eigenvalue weighted by atomic mass is 19.3. The van der Waals surface area contributed by atoms with Gasteiger partial charge in [-0.15, -0.1) is 0 Å². The molecule has 0 aliphatic rings. The number of hydrogen-bond acceptors (Lipinski definition) is 2. The van der Waals surface area contributed by atoms with E-state index in [0.29, 0.717) is 12.2 Å². The Morgan fingerprint density at radius 2 is 1.84 bits per heavy atom. The van der Waals surface area contributed by atoms with E-state index >= 15 is 0 Å². The summed E-state index contributed by atoms with van der Waals surface area (Å²) in [5.74, 6) is 0. The Labute approximate surface area is 110 Å². The van der Waals surface area contributed by atoms with Crippen LogP contribution in [-0.4, -0.2) is 0 Å². The predicted molar refractivity (Wildman–Crippen MR) is 69.9 cm³/mol. The topological polar surface area (TPSA) is 35.8 Å². The lowest BCUT2D eigenvalue weighted by atomic mass is 10.1. The summed E-state index contributed by atoms with van der Waals surface area (Å²) in [7, 11) is 0. The first-order chi connectivity index (χ1) is 9.20. The van der Waals surface area contributed by atoms with Crippen molar-refractivity contribution in [1.29, 1.82) is 5.26 Å². The van der Waals surface area contributed by atoms with E-state index in [0.717, 1.165) is 5.56 Å². The number of nitrogens with zero attached hydrogens (tertiary/aromatic N) is 1. The van der Waals surface area contributed by atoms with Crippen LogP contribution in [0.4, 0.5) is 14.5 Å². The molecule has 1 N–H and O–H groups in total. The maximum atomic E-state index is 12.9. The standard InChI is InChI=1S/C15H12F2N2/c16-15(17)13-8-12(9-18)6-7-14(13)19-10-11-4-2-1-3-5-11/h1-8,15,19H,10H2. The molecule has 0 heterocycles. The molecule has 0 bridgehead atoms. The second-order valence-electron chi connectivity index (χ2n) is 4.05. The third-order valence-electron chi connectivity index (χ3n) is 2.74. The second kappa shape index (κ2) is 5.96. The summed E-state index contributed by atoms with van der Waals surface area (Å²) >= 11 is 0. The summed E-state index contributed by atoms with van der Waals surface area (Å²) in [6.07, 6.45) is -2.61. The summed E-state index contributed by atoms with van der Waals surface area (Å²) in [5, 5.41) is 11.7. The summed E-state index contributed by atoms with van der Waals surface area (Å²) in [6.45, 7) is 0.465. The van der Waals surface area contributed by atoms with Crippen molar-refractivity contribution in [2.24, 2.45) is 0 Å². The van der Waals surface area contributed by atoms with E-state index in [-0.39, 0.29) is 11.1 Å². The van der Waals surface area contributed by atoms with Crippen LogP contribution in [0.15, 0.2) is 48.5 Å². The average Bonchev–Trinajstić information content (AvgIpc) is 2.46. The fourth-order valence-corrected chi connectivity index (χ4v) is 1.77. The minimum Gasteiger partial charge on any atom is -0.381 e. The monoisotopic (exact) mass is 258 g/mol. The van der Waals surface area contributed by atoms with Gasteiger partial charge in [0.1, 0.15) is 0 Å². The Hall–Kier alpha value is -2.41. The molecule has 0 saturated heterocycles. The van der Waals surface area contributed by atoms with E-state index in [1.807, 2.05) is 36.4 Å². The number of halogens is 2. The van der Waals surface area contributed by atoms with Crippen LogP contribution >= 0.6 is 0 Å². The van der Waals surface area contributed by atoms with Gasteiger partial charge in [0, 0.05) is 17.8 Å². The maximum Gasteiger partial charge on any atom is 0.265 e. The quantitative estimate of drug-likeness (QED) is 0.895. The number of alkyl halides is 2. The van der Waals surface area contributed by atoms with Crippen LogP contribution in [0.5, 0.6) is 0 Å². The van der Waals surface area contributed by atoms with E-state index in [1.54, 1.807) is 0 Å². The molecule has 2 aromatic carbocycles. The van der Waals surface area contributed by atoms with Gasteiger partial charge in [0.25, 0.3) is 6.43 Å². The van der Waals surface area contributed by atoms with Crippen LogP contribution in [-0.2, 0) is 6.54 Å². The molecule has 0 unspecified atom stereocenters. The lowest BCUT2D eigenvalue weighted by Gasteiger charge is -2.12. The summed E-state index contributed by atoms with van der Waals surface area (Å²) in [5.41, 5.74) is 1.46. The van der Waals surface area contributed by atoms with Crippen LogP contribution < -0.4 is 5.32 Å². The molecule has 2 rings (SSSR count). The van der Waals surface area contributed by atoms with Crippen molar-refractivity contribution in [2.75, 3.05) is 5.32 Å². The molecule has 0 saturated carbocycles. The van der Waals surface area contributed by atoms with Gasteiger partial charge in [0.05, 0.1) is 11.6 Å². The van der Waals surface area contributed by atoms with Crippen molar-refractivity contribution in [1.82, 2.24) is 0 Å². The fourth-order valence-electron chi connectivity index (χ4n) is 1.77. The highest BCUT2D eigenvalue weighted by molar-refractivity contribution is 5.55. The van der Waals surface area contributed by atoms with Crippen molar-refractivity contribution >= 4 is 5.69 Å². The van der Waals surface area contributed by atoms with Crippen LogP contribution in [0.2, 0.25) is 0 Å². The fraction of sp³-hybridized carbons (Fsp3) is 0.133. The molecule has 2 aromatic rings. The smallest absolute Gasteiger partial charge is 0.265 e. The van der Waals surface area contributed by atoms with E-state index in [2.05, 4.69) is 5.32 Å². The number of anilines is 1. The van der Waals surface area contributed by atoms with Crippen molar-refractivity contribution in [3.05, 3.63) is 65.2 Å². The summed E-state index contributed by atoms with van der Waals surface area (Å²) in [6, 6.07) is 15.6. The van der Waals surface area contributed by atoms with Gasteiger partial charge in [-0.2, -0.15) is 5.26 Å². The largest absolute Gasteiger partial charge is 0.381 e. The van der Waals surface area contributed by atoms with Gasteiger partial charge in [-0.25, -0.2) is 8.78 Å². The molecule has 4 heteroatoms. The first-order valence-corrected chi connectivity index (χ1v) is 5.80. The average molecular weight is 258 g/mol. The zero-order valence-corrected chi connectivity index (χ0v) is 10.1. The Balaban J connectivity index is 2.18. The number of nitrogens with one attached hydrogen (secondary N) is 1. The molecule has 0 atom stereocenters. The molecule has 0 aromatic heterocycles. The summed E-state index contributed by atoms with van der Waals surface area (Å²) in [4.78, 5) is 0. The number of benzene rings is 2. The van der Waals surface area contributed by atoms with Gasteiger partial charge < -0.3 is 5.32 Å². The highest BCUT2D eigenvalue weighted by Crippen LogP contribution is 2.28. The first-order valence-electron chi connectivity index (χ1n) is 5.80. The van der Waals surface area contributed by atoms with Gasteiger partial charge in [-0.1, -0.05) is 30.3 Å². The Bertz CT molecular complexity index is 589. The van der Waals surface area contributed by atoms with Crippen LogP contribution in [0.25, 0.3) is 0 Å². The van der Waals surface area contributed by atoms with E-state index < -0.39 is 6.43 Å². The van der Waals surface area contributed by atoms with Crippen molar-refractivity contribution in [2.45, 2.75) is 13.0 Å². The van der Waals surface area contributed by atoms with E-state index in [9.17, 15) is 8.78 Å². The molecule has 0 amide bonds. The zero-order valence-electron chi connectivity index (χ0n) is 10.1. The highest BCUT2D eigenvalue weighted by Gasteiger charge is 2.13. The Morgan fingerprint density at radius 3 is 2.47 bits per heavy atom. The molecule has 96 valence electrons. The zero-order chi connectivity index (χ0) is 13.7. The van der Waals surface area contributed by atoms with Gasteiger partial charge in [0.2, 0.25) is 0 Å². The third kappa shape index (κ3) is 3.29. The van der Waals surface area contributed by atoms with Gasteiger partial charge in [0.15, 0.2) is 0 Å².